The third-order valence-electron chi connectivity index (χ3n) is 4.56. The highest BCUT2D eigenvalue weighted by atomic mass is 16.2. The van der Waals surface area contributed by atoms with Crippen LogP contribution in [0.25, 0.3) is 10.9 Å². The molecule has 4 rings (SSSR count). The Morgan fingerprint density at radius 3 is 2.62 bits per heavy atom. The van der Waals surface area contributed by atoms with Crippen molar-refractivity contribution >= 4 is 28.4 Å². The summed E-state index contributed by atoms with van der Waals surface area (Å²) in [6.45, 7) is 2.36. The van der Waals surface area contributed by atoms with Gasteiger partial charge in [0.2, 0.25) is 5.95 Å². The summed E-state index contributed by atoms with van der Waals surface area (Å²) in [6.07, 6.45) is 1.75. The molecular weight excluding hydrogens is 362 g/mol. The van der Waals surface area contributed by atoms with E-state index in [0.29, 0.717) is 23.9 Å². The fourth-order valence-electron chi connectivity index (χ4n) is 3.18. The maximum Gasteiger partial charge on any atom is 0.272 e. The van der Waals surface area contributed by atoms with Crippen LogP contribution in [0.1, 0.15) is 21.7 Å². The molecular formula is C23H21N5O. The van der Waals surface area contributed by atoms with Crippen molar-refractivity contribution in [2.75, 3.05) is 12.4 Å². The van der Waals surface area contributed by atoms with Crippen LogP contribution in [0.5, 0.6) is 0 Å². The number of anilines is 2. The van der Waals surface area contributed by atoms with E-state index in [1.807, 2.05) is 67.6 Å². The van der Waals surface area contributed by atoms with Crippen molar-refractivity contribution in [2.45, 2.75) is 13.5 Å². The number of benzene rings is 2. The number of carbonyl (C=O) groups is 1. The number of rotatable bonds is 5. The number of fused-ring (bicyclic) bond motifs is 1. The van der Waals surface area contributed by atoms with Gasteiger partial charge < -0.3 is 10.2 Å². The van der Waals surface area contributed by atoms with Gasteiger partial charge in [0.15, 0.2) is 0 Å². The van der Waals surface area contributed by atoms with Crippen molar-refractivity contribution in [2.24, 2.45) is 0 Å². The van der Waals surface area contributed by atoms with E-state index in [4.69, 9.17) is 0 Å². The van der Waals surface area contributed by atoms with E-state index in [0.717, 1.165) is 22.2 Å². The molecule has 0 atom stereocenters. The molecule has 0 aliphatic rings. The molecule has 1 amide bonds. The first-order chi connectivity index (χ1) is 14.1. The number of para-hydroxylation sites is 1. The lowest BCUT2D eigenvalue weighted by atomic mass is 10.2. The number of carbonyl (C=O) groups excluding carboxylic acids is 1. The molecule has 0 aliphatic heterocycles. The Balaban J connectivity index is 1.59. The fourth-order valence-corrected chi connectivity index (χ4v) is 3.18. The summed E-state index contributed by atoms with van der Waals surface area (Å²) in [7, 11) is 1.77. The first-order valence-electron chi connectivity index (χ1n) is 9.36. The second kappa shape index (κ2) is 8.06. The third kappa shape index (κ3) is 4.21. The molecule has 29 heavy (non-hydrogen) atoms. The van der Waals surface area contributed by atoms with Gasteiger partial charge in [-0.1, -0.05) is 48.5 Å². The Hall–Kier alpha value is -3.80. The SMILES string of the molecule is Cc1cc(C(=O)N(C)Cc2ccccc2)nc(Nc2cccc3cccnc23)n1. The number of pyridine rings is 1. The third-order valence-corrected chi connectivity index (χ3v) is 4.56. The quantitative estimate of drug-likeness (QED) is 0.555. The van der Waals surface area contributed by atoms with Crippen LogP contribution in [0.15, 0.2) is 72.9 Å². The minimum Gasteiger partial charge on any atom is -0.336 e. The second-order valence-corrected chi connectivity index (χ2v) is 6.87. The molecule has 2 aromatic heterocycles. The van der Waals surface area contributed by atoms with E-state index in [-0.39, 0.29) is 5.91 Å². The molecule has 0 saturated carbocycles. The Kier molecular flexibility index (Phi) is 5.16. The van der Waals surface area contributed by atoms with Crippen molar-refractivity contribution < 1.29 is 4.79 Å². The van der Waals surface area contributed by atoms with Crippen LogP contribution in [-0.4, -0.2) is 32.8 Å². The standard InChI is InChI=1S/C23H21N5O/c1-16-14-20(22(29)28(2)15-17-8-4-3-5-9-17)27-23(25-16)26-19-12-6-10-18-11-7-13-24-21(18)19/h3-14H,15H2,1-2H3,(H,25,26,27). The van der Waals surface area contributed by atoms with Crippen molar-refractivity contribution in [1.82, 2.24) is 19.9 Å². The minimum absolute atomic E-state index is 0.154. The van der Waals surface area contributed by atoms with Crippen LogP contribution in [0, 0.1) is 6.92 Å². The lowest BCUT2D eigenvalue weighted by molar-refractivity contribution is 0.0779. The molecule has 2 aromatic carbocycles. The van der Waals surface area contributed by atoms with Gasteiger partial charge >= 0.3 is 0 Å². The molecule has 0 unspecified atom stereocenters. The normalized spacial score (nSPS) is 10.7. The Labute approximate surface area is 169 Å². The molecule has 6 heteroatoms. The van der Waals surface area contributed by atoms with E-state index in [1.165, 1.54) is 0 Å². The molecule has 1 N–H and O–H groups in total. The number of aromatic nitrogens is 3. The second-order valence-electron chi connectivity index (χ2n) is 6.87. The average Bonchev–Trinajstić information content (AvgIpc) is 2.74. The van der Waals surface area contributed by atoms with Crippen LogP contribution < -0.4 is 5.32 Å². The maximum atomic E-state index is 12.9. The predicted molar refractivity (Wildman–Crippen MR) is 114 cm³/mol. The van der Waals surface area contributed by atoms with Gasteiger partial charge in [0, 0.05) is 30.9 Å². The monoisotopic (exact) mass is 383 g/mol. The molecule has 0 fully saturated rings. The van der Waals surface area contributed by atoms with Gasteiger partial charge in [0.05, 0.1) is 11.2 Å². The zero-order chi connectivity index (χ0) is 20.2. The van der Waals surface area contributed by atoms with Gasteiger partial charge in [-0.2, -0.15) is 0 Å². The lowest BCUT2D eigenvalue weighted by Gasteiger charge is -2.17. The molecule has 0 aliphatic carbocycles. The number of aryl methyl sites for hydroxylation is 1. The van der Waals surface area contributed by atoms with E-state index in [9.17, 15) is 4.79 Å². The predicted octanol–water partition coefficient (Wildman–Crippen LogP) is 4.35. The zero-order valence-electron chi connectivity index (χ0n) is 16.3. The number of hydrogen-bond donors (Lipinski definition) is 1. The Morgan fingerprint density at radius 1 is 1.00 bits per heavy atom. The smallest absolute Gasteiger partial charge is 0.272 e. The number of amides is 1. The van der Waals surface area contributed by atoms with Gasteiger partial charge in [-0.15, -0.1) is 0 Å². The average molecular weight is 383 g/mol. The van der Waals surface area contributed by atoms with Crippen LogP contribution in [0.4, 0.5) is 11.6 Å². The van der Waals surface area contributed by atoms with Gasteiger partial charge in [-0.05, 0) is 30.7 Å². The highest BCUT2D eigenvalue weighted by molar-refractivity contribution is 5.93. The summed E-state index contributed by atoms with van der Waals surface area (Å²) < 4.78 is 0. The first-order valence-corrected chi connectivity index (χ1v) is 9.36. The van der Waals surface area contributed by atoms with E-state index in [2.05, 4.69) is 20.3 Å². The van der Waals surface area contributed by atoms with Gasteiger partial charge in [0.1, 0.15) is 5.69 Å². The minimum atomic E-state index is -0.154. The Bertz CT molecular complexity index is 1150. The van der Waals surface area contributed by atoms with E-state index in [1.54, 1.807) is 24.2 Å². The lowest BCUT2D eigenvalue weighted by Crippen LogP contribution is -2.27. The molecule has 0 saturated heterocycles. The van der Waals surface area contributed by atoms with Crippen LogP contribution >= 0.6 is 0 Å². The summed E-state index contributed by atoms with van der Waals surface area (Å²) >= 11 is 0. The molecule has 0 radical (unpaired) electrons. The molecule has 0 spiro atoms. The van der Waals surface area contributed by atoms with Crippen LogP contribution in [0.3, 0.4) is 0 Å². The van der Waals surface area contributed by atoms with E-state index < -0.39 is 0 Å². The van der Waals surface area contributed by atoms with Crippen LogP contribution in [0.2, 0.25) is 0 Å². The topological polar surface area (TPSA) is 71.0 Å². The Morgan fingerprint density at radius 2 is 1.79 bits per heavy atom. The van der Waals surface area contributed by atoms with Crippen LogP contribution in [-0.2, 0) is 6.54 Å². The molecule has 0 bridgehead atoms. The zero-order valence-corrected chi connectivity index (χ0v) is 16.3. The summed E-state index contributed by atoms with van der Waals surface area (Å²) in [5.41, 5.74) is 3.76. The van der Waals surface area contributed by atoms with Crippen molar-refractivity contribution in [1.29, 1.82) is 0 Å². The van der Waals surface area contributed by atoms with Crippen molar-refractivity contribution in [3.63, 3.8) is 0 Å². The number of hydrogen-bond acceptors (Lipinski definition) is 5. The highest BCUT2D eigenvalue weighted by Crippen LogP contribution is 2.23. The summed E-state index contributed by atoms with van der Waals surface area (Å²) in [6, 6.07) is 21.3. The fraction of sp³-hybridized carbons (Fsp3) is 0.130. The molecule has 6 nitrogen and oxygen atoms in total. The van der Waals surface area contributed by atoms with Gasteiger partial charge in [0.25, 0.3) is 5.91 Å². The van der Waals surface area contributed by atoms with Crippen molar-refractivity contribution in [3.8, 4) is 0 Å². The summed E-state index contributed by atoms with van der Waals surface area (Å²) in [4.78, 5) is 27.9. The molecule has 4 aromatic rings. The highest BCUT2D eigenvalue weighted by Gasteiger charge is 2.16. The van der Waals surface area contributed by atoms with Crippen molar-refractivity contribution in [3.05, 3.63) is 89.9 Å². The largest absolute Gasteiger partial charge is 0.336 e. The maximum absolute atomic E-state index is 12.9. The molecule has 2 heterocycles. The molecule has 144 valence electrons. The van der Waals surface area contributed by atoms with Gasteiger partial charge in [-0.25, -0.2) is 9.97 Å². The first kappa shape index (κ1) is 18.6. The number of nitrogens with zero attached hydrogens (tertiary/aromatic N) is 4. The number of nitrogens with one attached hydrogen (secondary N) is 1. The summed E-state index contributed by atoms with van der Waals surface area (Å²) in [5.74, 6) is 0.220. The van der Waals surface area contributed by atoms with E-state index >= 15 is 0 Å². The summed E-state index contributed by atoms with van der Waals surface area (Å²) in [5, 5.41) is 4.23. The van der Waals surface area contributed by atoms with Gasteiger partial charge in [-0.3, -0.25) is 9.78 Å².